The summed E-state index contributed by atoms with van der Waals surface area (Å²) in [6, 6.07) is 5.85. The predicted octanol–water partition coefficient (Wildman–Crippen LogP) is 1.74. The molecular formula is C19H19F2N5O3. The van der Waals surface area contributed by atoms with Crippen LogP contribution in [0.2, 0.25) is 0 Å². The number of aryl methyl sites for hydroxylation is 1. The van der Waals surface area contributed by atoms with Crippen LogP contribution in [-0.4, -0.2) is 30.5 Å². The quantitative estimate of drug-likeness (QED) is 0.703. The highest BCUT2D eigenvalue weighted by atomic mass is 19.3. The Kier molecular flexibility index (Phi) is 4.95. The molecule has 0 fully saturated rings. The third-order valence-corrected chi connectivity index (χ3v) is 4.58. The van der Waals surface area contributed by atoms with Crippen LogP contribution in [-0.2, 0) is 25.4 Å². The largest absolute Gasteiger partial charge is 0.332 e. The number of halogens is 2. The summed E-state index contributed by atoms with van der Waals surface area (Å²) in [5.41, 5.74) is -0.429. The van der Waals surface area contributed by atoms with Crippen LogP contribution in [0.1, 0.15) is 12.5 Å². The SMILES string of the molecule is C=C(c1ccc(NC(=O)Cn2cnc3c2c(=O)n(C)c(=O)n3C)cc1)C(C)(F)F. The molecule has 29 heavy (non-hydrogen) atoms. The fraction of sp³-hybridized carbons (Fsp3) is 0.263. The Morgan fingerprint density at radius 1 is 1.17 bits per heavy atom. The lowest BCUT2D eigenvalue weighted by Crippen LogP contribution is -2.37. The van der Waals surface area contributed by atoms with E-state index < -0.39 is 23.1 Å². The molecule has 0 radical (unpaired) electrons. The highest BCUT2D eigenvalue weighted by Gasteiger charge is 2.26. The molecule has 1 aromatic carbocycles. The van der Waals surface area contributed by atoms with E-state index in [2.05, 4.69) is 16.9 Å². The van der Waals surface area contributed by atoms with E-state index in [1.54, 1.807) is 0 Å². The predicted molar refractivity (Wildman–Crippen MR) is 105 cm³/mol. The maximum atomic E-state index is 13.3. The molecule has 0 aliphatic rings. The number of nitrogens with one attached hydrogen (secondary N) is 1. The first kappa shape index (κ1) is 20.2. The summed E-state index contributed by atoms with van der Waals surface area (Å²) in [5, 5.41) is 2.63. The van der Waals surface area contributed by atoms with E-state index >= 15 is 0 Å². The van der Waals surface area contributed by atoms with Crippen molar-refractivity contribution >= 4 is 28.3 Å². The third kappa shape index (κ3) is 3.73. The topological polar surface area (TPSA) is 90.9 Å². The van der Waals surface area contributed by atoms with Crippen LogP contribution in [0.4, 0.5) is 14.5 Å². The Morgan fingerprint density at radius 3 is 2.38 bits per heavy atom. The number of allylic oxidation sites excluding steroid dienone is 1. The Balaban J connectivity index is 1.81. The molecule has 152 valence electrons. The number of rotatable bonds is 5. The van der Waals surface area contributed by atoms with E-state index in [1.165, 1.54) is 53.8 Å². The minimum Gasteiger partial charge on any atom is -0.325 e. The molecule has 0 saturated heterocycles. The van der Waals surface area contributed by atoms with E-state index in [0.29, 0.717) is 5.69 Å². The molecule has 2 heterocycles. The fourth-order valence-electron chi connectivity index (χ4n) is 2.88. The summed E-state index contributed by atoms with van der Waals surface area (Å²) in [5.74, 6) is -3.49. The maximum Gasteiger partial charge on any atom is 0.332 e. The molecule has 0 unspecified atom stereocenters. The Hall–Kier alpha value is -3.56. The number of hydrogen-bond acceptors (Lipinski definition) is 4. The molecule has 2 aromatic heterocycles. The van der Waals surface area contributed by atoms with Crippen LogP contribution in [0.15, 0.2) is 46.8 Å². The van der Waals surface area contributed by atoms with Gasteiger partial charge >= 0.3 is 5.69 Å². The number of carbonyl (C=O) groups excluding carboxylic acids is 1. The van der Waals surface area contributed by atoms with E-state index in [9.17, 15) is 23.2 Å². The summed E-state index contributed by atoms with van der Waals surface area (Å²) in [6.07, 6.45) is 1.31. The lowest BCUT2D eigenvalue weighted by Gasteiger charge is -2.14. The number of benzene rings is 1. The zero-order chi connectivity index (χ0) is 21.5. The molecule has 0 saturated carbocycles. The van der Waals surface area contributed by atoms with Crippen molar-refractivity contribution in [2.75, 3.05) is 5.32 Å². The van der Waals surface area contributed by atoms with Crippen LogP contribution in [0.5, 0.6) is 0 Å². The summed E-state index contributed by atoms with van der Waals surface area (Å²) < 4.78 is 30.2. The zero-order valence-corrected chi connectivity index (χ0v) is 16.1. The van der Waals surface area contributed by atoms with E-state index in [4.69, 9.17) is 0 Å². The average Bonchev–Trinajstić information content (AvgIpc) is 3.07. The standard InChI is InChI=1S/C19H19F2N5O3/c1-11(19(2,20)21)12-5-7-13(8-6-12)23-14(27)9-26-10-22-16-15(26)17(28)25(4)18(29)24(16)3/h5-8,10H,1,9H2,2-4H3,(H,23,27). The number of fused-ring (bicyclic) bond motifs is 1. The smallest absolute Gasteiger partial charge is 0.325 e. The van der Waals surface area contributed by atoms with Crippen molar-refractivity contribution in [1.82, 2.24) is 18.7 Å². The summed E-state index contributed by atoms with van der Waals surface area (Å²) in [6.45, 7) is 3.94. The number of imidazole rings is 1. The Labute approximate surface area is 163 Å². The Morgan fingerprint density at radius 2 is 1.79 bits per heavy atom. The van der Waals surface area contributed by atoms with Crippen molar-refractivity contribution in [2.24, 2.45) is 14.1 Å². The van der Waals surface area contributed by atoms with Gasteiger partial charge in [-0.3, -0.25) is 18.7 Å². The molecule has 1 N–H and O–H groups in total. The van der Waals surface area contributed by atoms with Gasteiger partial charge in [0.1, 0.15) is 6.54 Å². The highest BCUT2D eigenvalue weighted by Crippen LogP contribution is 2.30. The molecule has 3 aromatic rings. The monoisotopic (exact) mass is 403 g/mol. The maximum absolute atomic E-state index is 13.3. The van der Waals surface area contributed by atoms with Crippen LogP contribution in [0.25, 0.3) is 16.7 Å². The van der Waals surface area contributed by atoms with Crippen molar-refractivity contribution in [3.63, 3.8) is 0 Å². The van der Waals surface area contributed by atoms with Crippen molar-refractivity contribution in [3.05, 3.63) is 63.6 Å². The van der Waals surface area contributed by atoms with Gasteiger partial charge in [0.05, 0.1) is 6.33 Å². The second kappa shape index (κ2) is 7.12. The van der Waals surface area contributed by atoms with Gasteiger partial charge in [0.2, 0.25) is 5.91 Å². The van der Waals surface area contributed by atoms with Crippen molar-refractivity contribution in [3.8, 4) is 0 Å². The minimum atomic E-state index is -3.04. The van der Waals surface area contributed by atoms with Crippen LogP contribution >= 0.6 is 0 Å². The first-order valence-corrected chi connectivity index (χ1v) is 8.59. The molecule has 0 atom stereocenters. The molecule has 0 aliphatic carbocycles. The van der Waals surface area contributed by atoms with Gasteiger partial charge < -0.3 is 9.88 Å². The summed E-state index contributed by atoms with van der Waals surface area (Å²) in [7, 11) is 2.83. The highest BCUT2D eigenvalue weighted by molar-refractivity contribution is 5.91. The van der Waals surface area contributed by atoms with Gasteiger partial charge in [-0.15, -0.1) is 0 Å². The Bertz CT molecular complexity index is 1230. The van der Waals surface area contributed by atoms with Gasteiger partial charge in [-0.05, 0) is 17.7 Å². The lowest BCUT2D eigenvalue weighted by molar-refractivity contribution is -0.116. The third-order valence-electron chi connectivity index (χ3n) is 4.58. The van der Waals surface area contributed by atoms with Gasteiger partial charge in [0.25, 0.3) is 11.5 Å². The zero-order valence-electron chi connectivity index (χ0n) is 16.1. The van der Waals surface area contributed by atoms with E-state index in [0.717, 1.165) is 11.5 Å². The normalized spacial score (nSPS) is 11.6. The molecule has 10 heteroatoms. The average molecular weight is 403 g/mol. The summed E-state index contributed by atoms with van der Waals surface area (Å²) >= 11 is 0. The van der Waals surface area contributed by atoms with E-state index in [1.807, 2.05) is 0 Å². The molecule has 8 nitrogen and oxygen atoms in total. The number of alkyl halides is 2. The van der Waals surface area contributed by atoms with Crippen molar-refractivity contribution in [1.29, 1.82) is 0 Å². The van der Waals surface area contributed by atoms with Crippen molar-refractivity contribution < 1.29 is 13.6 Å². The van der Waals surface area contributed by atoms with Gasteiger partial charge in [0, 0.05) is 32.3 Å². The minimum absolute atomic E-state index is 0.126. The lowest BCUT2D eigenvalue weighted by atomic mass is 10.0. The van der Waals surface area contributed by atoms with E-state index in [-0.39, 0.29) is 28.8 Å². The van der Waals surface area contributed by atoms with Crippen molar-refractivity contribution in [2.45, 2.75) is 19.4 Å². The summed E-state index contributed by atoms with van der Waals surface area (Å²) in [4.78, 5) is 40.8. The first-order valence-electron chi connectivity index (χ1n) is 8.59. The number of nitrogens with zero attached hydrogens (tertiary/aromatic N) is 4. The molecule has 3 rings (SSSR count). The molecule has 0 spiro atoms. The second-order valence-electron chi connectivity index (χ2n) is 6.74. The number of anilines is 1. The molecule has 0 aliphatic heterocycles. The molecule has 0 bridgehead atoms. The number of carbonyl (C=O) groups is 1. The fourth-order valence-corrected chi connectivity index (χ4v) is 2.88. The molecular weight excluding hydrogens is 384 g/mol. The first-order chi connectivity index (χ1) is 13.5. The van der Waals surface area contributed by atoms with Crippen LogP contribution in [0.3, 0.4) is 0 Å². The van der Waals surface area contributed by atoms with Gasteiger partial charge in [-0.25, -0.2) is 18.6 Å². The van der Waals surface area contributed by atoms with Crippen LogP contribution < -0.4 is 16.6 Å². The van der Waals surface area contributed by atoms with Crippen LogP contribution in [0, 0.1) is 0 Å². The van der Waals surface area contributed by atoms with Gasteiger partial charge in [-0.1, -0.05) is 18.7 Å². The van der Waals surface area contributed by atoms with Gasteiger partial charge in [0.15, 0.2) is 11.2 Å². The molecule has 1 amide bonds. The number of aromatic nitrogens is 4. The van der Waals surface area contributed by atoms with Gasteiger partial charge in [-0.2, -0.15) is 0 Å². The number of amides is 1. The second-order valence-corrected chi connectivity index (χ2v) is 6.74. The number of hydrogen-bond donors (Lipinski definition) is 1.